The summed E-state index contributed by atoms with van der Waals surface area (Å²) in [6.45, 7) is 3.01. The Morgan fingerprint density at radius 1 is 1.07 bits per heavy atom. The molecule has 0 saturated carbocycles. The fourth-order valence-electron chi connectivity index (χ4n) is 3.17. The highest BCUT2D eigenvalue weighted by atomic mass is 35.5. The maximum Gasteiger partial charge on any atom is 0.186 e. The van der Waals surface area contributed by atoms with Gasteiger partial charge in [0, 0.05) is 11.3 Å². The van der Waals surface area contributed by atoms with E-state index in [1.54, 1.807) is 6.33 Å². The molecule has 0 aliphatic carbocycles. The number of pyridine rings is 1. The monoisotopic (exact) mass is 408 g/mol. The highest BCUT2D eigenvalue weighted by molar-refractivity contribution is 6.30. The molecule has 0 amide bonds. The van der Waals surface area contributed by atoms with Gasteiger partial charge in [0.1, 0.15) is 17.3 Å². The number of nitrogens with zero attached hydrogens (tertiary/aromatic N) is 5. The number of aromatic nitrogens is 5. The molecule has 5 rings (SSSR count). The molecule has 146 valence electrons. The Bertz CT molecular complexity index is 1170. The van der Waals surface area contributed by atoms with E-state index in [0.717, 1.165) is 28.0 Å². The summed E-state index contributed by atoms with van der Waals surface area (Å²) in [6, 6.07) is 13.4. The van der Waals surface area contributed by atoms with Crippen LogP contribution in [0.15, 0.2) is 48.8 Å². The molecule has 1 N–H and O–H groups in total. The molecule has 9 heteroatoms. The molecular formula is C20H17ClN6O2. The molecule has 0 atom stereocenters. The van der Waals surface area contributed by atoms with Crippen LogP contribution in [0.25, 0.3) is 16.9 Å². The van der Waals surface area contributed by atoms with Crippen LogP contribution in [-0.4, -0.2) is 37.9 Å². The predicted molar refractivity (Wildman–Crippen MR) is 109 cm³/mol. The third kappa shape index (κ3) is 3.53. The van der Waals surface area contributed by atoms with Crippen molar-refractivity contribution in [3.05, 3.63) is 65.2 Å². The Balaban J connectivity index is 1.44. The van der Waals surface area contributed by atoms with E-state index in [2.05, 4.69) is 25.5 Å². The SMILES string of the molecule is Cc1ccc(Nc2ccc3c(c2)ncn3-c2ccc(C3OCCO3)c(Cl)n2)nn1. The van der Waals surface area contributed by atoms with Crippen molar-refractivity contribution in [2.75, 3.05) is 18.5 Å². The van der Waals surface area contributed by atoms with Gasteiger partial charge in [-0.1, -0.05) is 11.6 Å². The number of hydrogen-bond acceptors (Lipinski definition) is 7. The number of imidazole rings is 1. The van der Waals surface area contributed by atoms with E-state index < -0.39 is 6.29 Å². The largest absolute Gasteiger partial charge is 0.346 e. The number of nitrogens with one attached hydrogen (secondary N) is 1. The third-order valence-corrected chi connectivity index (χ3v) is 4.91. The number of aryl methyl sites for hydroxylation is 1. The van der Waals surface area contributed by atoms with Gasteiger partial charge in [-0.2, -0.15) is 5.10 Å². The van der Waals surface area contributed by atoms with Gasteiger partial charge in [-0.05, 0) is 49.4 Å². The van der Waals surface area contributed by atoms with Crippen molar-refractivity contribution in [2.24, 2.45) is 0 Å². The van der Waals surface area contributed by atoms with Crippen LogP contribution in [0.3, 0.4) is 0 Å². The van der Waals surface area contributed by atoms with Gasteiger partial charge in [0.2, 0.25) is 0 Å². The Labute approximate surface area is 171 Å². The number of hydrogen-bond donors (Lipinski definition) is 1. The summed E-state index contributed by atoms with van der Waals surface area (Å²) >= 11 is 6.38. The van der Waals surface area contributed by atoms with Crippen molar-refractivity contribution >= 4 is 34.1 Å². The fraction of sp³-hybridized carbons (Fsp3) is 0.200. The summed E-state index contributed by atoms with van der Waals surface area (Å²) in [5.41, 5.74) is 4.20. The summed E-state index contributed by atoms with van der Waals surface area (Å²) in [7, 11) is 0. The lowest BCUT2D eigenvalue weighted by Gasteiger charge is -2.12. The van der Waals surface area contributed by atoms with E-state index in [-0.39, 0.29) is 0 Å². The van der Waals surface area contributed by atoms with Crippen molar-refractivity contribution < 1.29 is 9.47 Å². The van der Waals surface area contributed by atoms with Crippen molar-refractivity contribution in [1.29, 1.82) is 0 Å². The molecule has 29 heavy (non-hydrogen) atoms. The summed E-state index contributed by atoms with van der Waals surface area (Å²) in [5, 5.41) is 11.8. The quantitative estimate of drug-likeness (QED) is 0.511. The third-order valence-electron chi connectivity index (χ3n) is 4.60. The van der Waals surface area contributed by atoms with Gasteiger partial charge in [0.15, 0.2) is 12.1 Å². The van der Waals surface area contributed by atoms with Crippen molar-refractivity contribution in [1.82, 2.24) is 24.7 Å². The molecular weight excluding hydrogens is 392 g/mol. The van der Waals surface area contributed by atoms with Crippen molar-refractivity contribution in [3.63, 3.8) is 0 Å². The van der Waals surface area contributed by atoms with E-state index in [1.807, 2.05) is 54.0 Å². The molecule has 3 aromatic heterocycles. The van der Waals surface area contributed by atoms with Crippen LogP contribution < -0.4 is 5.32 Å². The van der Waals surface area contributed by atoms with E-state index in [1.165, 1.54) is 0 Å². The molecule has 1 aliphatic heterocycles. The van der Waals surface area contributed by atoms with Gasteiger partial charge in [0.05, 0.1) is 29.9 Å². The molecule has 4 heterocycles. The number of rotatable bonds is 4. The fourth-order valence-corrected chi connectivity index (χ4v) is 3.41. The lowest BCUT2D eigenvalue weighted by molar-refractivity contribution is -0.0442. The molecule has 4 aromatic rings. The van der Waals surface area contributed by atoms with Crippen LogP contribution >= 0.6 is 11.6 Å². The van der Waals surface area contributed by atoms with E-state index in [4.69, 9.17) is 21.1 Å². The molecule has 1 aliphatic rings. The van der Waals surface area contributed by atoms with Gasteiger partial charge in [-0.15, -0.1) is 5.10 Å². The average Bonchev–Trinajstić information content (AvgIpc) is 3.39. The first-order valence-electron chi connectivity index (χ1n) is 9.12. The molecule has 1 fully saturated rings. The topological polar surface area (TPSA) is 87.0 Å². The van der Waals surface area contributed by atoms with Crippen LogP contribution in [0.2, 0.25) is 5.15 Å². The highest BCUT2D eigenvalue weighted by Crippen LogP contribution is 2.30. The van der Waals surface area contributed by atoms with Gasteiger partial charge < -0.3 is 14.8 Å². The van der Waals surface area contributed by atoms with Crippen LogP contribution in [0, 0.1) is 6.92 Å². The Kier molecular flexibility index (Phi) is 4.59. The molecule has 8 nitrogen and oxygen atoms in total. The second-order valence-corrected chi connectivity index (χ2v) is 6.98. The normalized spacial score (nSPS) is 14.6. The lowest BCUT2D eigenvalue weighted by atomic mass is 10.2. The number of halogens is 1. The molecule has 0 spiro atoms. The summed E-state index contributed by atoms with van der Waals surface area (Å²) in [4.78, 5) is 9.00. The minimum atomic E-state index is -0.456. The molecule has 0 bridgehead atoms. The highest BCUT2D eigenvalue weighted by Gasteiger charge is 2.22. The maximum absolute atomic E-state index is 6.38. The van der Waals surface area contributed by atoms with Gasteiger partial charge in [0.25, 0.3) is 0 Å². The minimum Gasteiger partial charge on any atom is -0.346 e. The van der Waals surface area contributed by atoms with E-state index >= 15 is 0 Å². The zero-order valence-corrected chi connectivity index (χ0v) is 16.3. The maximum atomic E-state index is 6.38. The Hall–Kier alpha value is -3.07. The standard InChI is InChI=1S/C20H17ClN6O2/c1-12-2-6-17(26-25-12)23-13-3-5-16-15(10-13)22-11-27(16)18-7-4-14(19(21)24-18)20-28-8-9-29-20/h2-7,10-11,20H,8-9H2,1H3,(H,23,26). The zero-order chi connectivity index (χ0) is 19.8. The van der Waals surface area contributed by atoms with Crippen LogP contribution in [0.4, 0.5) is 11.5 Å². The molecule has 0 radical (unpaired) electrons. The predicted octanol–water partition coefficient (Wildman–Crippen LogP) is 3.96. The first-order valence-corrected chi connectivity index (χ1v) is 9.50. The summed E-state index contributed by atoms with van der Waals surface area (Å²) in [5.74, 6) is 1.35. The second-order valence-electron chi connectivity index (χ2n) is 6.63. The van der Waals surface area contributed by atoms with E-state index in [0.29, 0.717) is 30.0 Å². The minimum absolute atomic E-state index is 0.354. The molecule has 1 aromatic carbocycles. The van der Waals surface area contributed by atoms with Gasteiger partial charge >= 0.3 is 0 Å². The molecule has 0 unspecified atom stereocenters. The Morgan fingerprint density at radius 2 is 1.93 bits per heavy atom. The zero-order valence-electron chi connectivity index (χ0n) is 15.5. The van der Waals surface area contributed by atoms with E-state index in [9.17, 15) is 0 Å². The van der Waals surface area contributed by atoms with Gasteiger partial charge in [-0.25, -0.2) is 9.97 Å². The smallest absolute Gasteiger partial charge is 0.186 e. The first kappa shape index (κ1) is 18.0. The number of ether oxygens (including phenoxy) is 2. The molecule has 1 saturated heterocycles. The summed E-state index contributed by atoms with van der Waals surface area (Å²) < 4.78 is 12.9. The number of fused-ring (bicyclic) bond motifs is 1. The number of benzene rings is 1. The second kappa shape index (κ2) is 7.40. The average molecular weight is 409 g/mol. The van der Waals surface area contributed by atoms with Crippen LogP contribution in [-0.2, 0) is 9.47 Å². The Morgan fingerprint density at radius 3 is 2.69 bits per heavy atom. The van der Waals surface area contributed by atoms with Crippen LogP contribution in [0.5, 0.6) is 0 Å². The van der Waals surface area contributed by atoms with Crippen LogP contribution in [0.1, 0.15) is 17.5 Å². The van der Waals surface area contributed by atoms with Crippen molar-refractivity contribution in [3.8, 4) is 5.82 Å². The van der Waals surface area contributed by atoms with Gasteiger partial charge in [-0.3, -0.25) is 4.57 Å². The van der Waals surface area contributed by atoms with Crippen molar-refractivity contribution in [2.45, 2.75) is 13.2 Å². The number of anilines is 2. The first-order chi connectivity index (χ1) is 14.2. The lowest BCUT2D eigenvalue weighted by Crippen LogP contribution is -2.03. The summed E-state index contributed by atoms with van der Waals surface area (Å²) in [6.07, 6.45) is 1.27.